The van der Waals surface area contributed by atoms with E-state index in [9.17, 15) is 13.2 Å². The summed E-state index contributed by atoms with van der Waals surface area (Å²) in [6, 6.07) is 14.2. The van der Waals surface area contributed by atoms with Crippen molar-refractivity contribution in [2.24, 2.45) is 0 Å². The molecule has 1 N–H and O–H groups in total. The van der Waals surface area contributed by atoms with Crippen molar-refractivity contribution in [3.8, 4) is 0 Å². The molecule has 0 aromatic heterocycles. The topological polar surface area (TPSA) is 69.7 Å². The maximum absolute atomic E-state index is 12.2. The summed E-state index contributed by atoms with van der Waals surface area (Å²) in [7, 11) is 1.34. The zero-order valence-electron chi connectivity index (χ0n) is 14.9. The molecule has 0 heterocycles. The average Bonchev–Trinajstić information content (AvgIpc) is 2.56. The van der Waals surface area contributed by atoms with Crippen LogP contribution in [0, 0.1) is 0 Å². The Morgan fingerprint density at radius 2 is 1.77 bits per heavy atom. The predicted octanol–water partition coefficient (Wildman–Crippen LogP) is 2.77. The lowest BCUT2D eigenvalue weighted by atomic mass is 10.2. The van der Waals surface area contributed by atoms with Crippen LogP contribution in [0.15, 0.2) is 57.9 Å². The molecule has 0 aliphatic heterocycles. The summed E-state index contributed by atoms with van der Waals surface area (Å²) in [5, 5.41) is 2.85. The number of hydrogen-bond donors (Lipinski definition) is 1. The van der Waals surface area contributed by atoms with Gasteiger partial charge in [0.05, 0.1) is 17.1 Å². The van der Waals surface area contributed by atoms with Gasteiger partial charge in [0.15, 0.2) is 0 Å². The number of carbonyl (C=O) groups is 1. The van der Waals surface area contributed by atoms with E-state index in [1.807, 2.05) is 42.3 Å². The van der Waals surface area contributed by atoms with Crippen molar-refractivity contribution in [3.05, 3.63) is 58.6 Å². The molecule has 2 aromatic rings. The Balaban J connectivity index is 2.01. The molecule has 1 amide bonds. The van der Waals surface area contributed by atoms with E-state index in [1.54, 1.807) is 18.2 Å². The second-order valence-corrected chi connectivity index (χ2v) is 9.14. The molecular weight excluding hydrogens is 418 g/mol. The van der Waals surface area contributed by atoms with Crippen molar-refractivity contribution in [1.29, 1.82) is 0 Å². The van der Waals surface area contributed by atoms with Crippen LogP contribution in [0.25, 0.3) is 0 Å². The first kappa shape index (κ1) is 20.6. The van der Waals surface area contributed by atoms with E-state index in [-0.39, 0.29) is 17.3 Å². The molecule has 2 aromatic carbocycles. The minimum absolute atomic E-state index is 0.142. The Hall–Kier alpha value is -1.74. The number of para-hydroxylation sites is 1. The van der Waals surface area contributed by atoms with Crippen LogP contribution in [0.3, 0.4) is 0 Å². The van der Waals surface area contributed by atoms with Gasteiger partial charge in [-0.05, 0) is 52.8 Å². The maximum atomic E-state index is 12.2. The van der Waals surface area contributed by atoms with E-state index in [0.717, 1.165) is 10.0 Å². The van der Waals surface area contributed by atoms with Gasteiger partial charge < -0.3 is 5.32 Å². The first-order valence-electron chi connectivity index (χ1n) is 7.94. The molecule has 0 atom stereocenters. The van der Waals surface area contributed by atoms with Gasteiger partial charge in [0, 0.05) is 25.1 Å². The van der Waals surface area contributed by atoms with Crippen LogP contribution in [0.2, 0.25) is 0 Å². The lowest BCUT2D eigenvalue weighted by Crippen LogP contribution is -2.30. The van der Waals surface area contributed by atoms with Crippen molar-refractivity contribution < 1.29 is 13.2 Å². The van der Waals surface area contributed by atoms with Crippen molar-refractivity contribution in [3.63, 3.8) is 0 Å². The molecule has 0 unspecified atom stereocenters. The summed E-state index contributed by atoms with van der Waals surface area (Å²) in [5.41, 5.74) is 1.54. The number of halogens is 1. The number of hydrogen-bond acceptors (Lipinski definition) is 4. The van der Waals surface area contributed by atoms with E-state index in [4.69, 9.17) is 0 Å². The number of amides is 1. The molecule has 26 heavy (non-hydrogen) atoms. The molecule has 0 fully saturated rings. The quantitative estimate of drug-likeness (QED) is 0.719. The van der Waals surface area contributed by atoms with Crippen molar-refractivity contribution in [1.82, 2.24) is 9.21 Å². The molecule has 0 saturated carbocycles. The van der Waals surface area contributed by atoms with E-state index in [0.29, 0.717) is 12.2 Å². The fraction of sp³-hybridized carbons (Fsp3) is 0.278. The molecule has 140 valence electrons. The third kappa shape index (κ3) is 5.38. The number of nitrogens with zero attached hydrogens (tertiary/aromatic N) is 2. The highest BCUT2D eigenvalue weighted by Gasteiger charge is 2.17. The van der Waals surface area contributed by atoms with Crippen LogP contribution >= 0.6 is 15.9 Å². The van der Waals surface area contributed by atoms with Gasteiger partial charge in [0.25, 0.3) is 0 Å². The predicted molar refractivity (Wildman–Crippen MR) is 106 cm³/mol. The average molecular weight is 440 g/mol. The minimum atomic E-state index is -3.47. The molecule has 0 radical (unpaired) electrons. The van der Waals surface area contributed by atoms with Crippen molar-refractivity contribution in [2.45, 2.75) is 11.4 Å². The lowest BCUT2D eigenvalue weighted by molar-refractivity contribution is -0.117. The molecule has 0 bridgehead atoms. The van der Waals surface area contributed by atoms with Crippen LogP contribution in [0.4, 0.5) is 5.69 Å². The number of likely N-dealkylation sites (N-methyl/N-ethyl adjacent to an activating group) is 1. The summed E-state index contributed by atoms with van der Waals surface area (Å²) >= 11 is 3.39. The fourth-order valence-electron chi connectivity index (χ4n) is 2.38. The van der Waals surface area contributed by atoms with Gasteiger partial charge in [-0.1, -0.05) is 24.3 Å². The summed E-state index contributed by atoms with van der Waals surface area (Å²) in [6.45, 7) is 0.645. The number of rotatable bonds is 7. The van der Waals surface area contributed by atoms with Crippen LogP contribution in [0.5, 0.6) is 0 Å². The van der Waals surface area contributed by atoms with Crippen molar-refractivity contribution >= 4 is 37.5 Å². The summed E-state index contributed by atoms with van der Waals surface area (Å²) < 4.78 is 26.5. The Kier molecular flexibility index (Phi) is 6.94. The van der Waals surface area contributed by atoms with Gasteiger partial charge in [-0.2, -0.15) is 0 Å². The van der Waals surface area contributed by atoms with Crippen LogP contribution in [-0.4, -0.2) is 51.2 Å². The first-order chi connectivity index (χ1) is 12.2. The van der Waals surface area contributed by atoms with E-state index >= 15 is 0 Å². The molecule has 0 spiro atoms. The standard InChI is InChI=1S/C18H22BrN3O3S/c1-21(2)26(24,25)15-8-6-7-14(11-15)12-22(3)13-18(23)20-17-10-5-4-9-16(17)19/h4-11H,12-13H2,1-3H3,(H,20,23). The van der Waals surface area contributed by atoms with Gasteiger partial charge in [0.1, 0.15) is 0 Å². The summed E-state index contributed by atoms with van der Waals surface area (Å²) in [5.74, 6) is -0.142. The van der Waals surface area contributed by atoms with Gasteiger partial charge in [-0.25, -0.2) is 12.7 Å². The van der Waals surface area contributed by atoms with Crippen LogP contribution in [0.1, 0.15) is 5.56 Å². The largest absolute Gasteiger partial charge is 0.324 e. The first-order valence-corrected chi connectivity index (χ1v) is 10.2. The van der Waals surface area contributed by atoms with Crippen molar-refractivity contribution in [2.75, 3.05) is 33.0 Å². The van der Waals surface area contributed by atoms with Gasteiger partial charge in [0.2, 0.25) is 15.9 Å². The molecule has 8 heteroatoms. The van der Waals surface area contributed by atoms with Crippen LogP contribution < -0.4 is 5.32 Å². The smallest absolute Gasteiger partial charge is 0.242 e. The number of nitrogens with one attached hydrogen (secondary N) is 1. The Labute approximate surface area is 163 Å². The van der Waals surface area contributed by atoms with Crippen LogP contribution in [-0.2, 0) is 21.4 Å². The molecule has 6 nitrogen and oxygen atoms in total. The highest BCUT2D eigenvalue weighted by molar-refractivity contribution is 9.10. The highest BCUT2D eigenvalue weighted by atomic mass is 79.9. The van der Waals surface area contributed by atoms with Gasteiger partial charge in [-0.15, -0.1) is 0 Å². The number of sulfonamides is 1. The maximum Gasteiger partial charge on any atom is 0.242 e. The number of benzene rings is 2. The van der Waals surface area contributed by atoms with E-state index in [2.05, 4.69) is 21.2 Å². The zero-order valence-corrected chi connectivity index (χ0v) is 17.3. The second-order valence-electron chi connectivity index (χ2n) is 6.14. The Morgan fingerprint density at radius 3 is 2.42 bits per heavy atom. The highest BCUT2D eigenvalue weighted by Crippen LogP contribution is 2.21. The molecule has 0 aliphatic carbocycles. The monoisotopic (exact) mass is 439 g/mol. The molecule has 2 rings (SSSR count). The summed E-state index contributed by atoms with van der Waals surface area (Å²) in [4.78, 5) is 14.3. The normalized spacial score (nSPS) is 11.8. The van der Waals surface area contributed by atoms with Gasteiger partial charge >= 0.3 is 0 Å². The Morgan fingerprint density at radius 1 is 1.08 bits per heavy atom. The van der Waals surface area contributed by atoms with E-state index in [1.165, 1.54) is 18.4 Å². The molecule has 0 saturated heterocycles. The lowest BCUT2D eigenvalue weighted by Gasteiger charge is -2.18. The molecular formula is C18H22BrN3O3S. The third-order valence-corrected chi connectivity index (χ3v) is 6.19. The fourth-order valence-corrected chi connectivity index (χ4v) is 3.74. The third-order valence-electron chi connectivity index (χ3n) is 3.69. The summed E-state index contributed by atoms with van der Waals surface area (Å²) in [6.07, 6.45) is 0. The number of carbonyl (C=O) groups excluding carboxylic acids is 1. The van der Waals surface area contributed by atoms with E-state index < -0.39 is 10.0 Å². The SMILES string of the molecule is CN(CC(=O)Nc1ccccc1Br)Cc1cccc(S(=O)(=O)N(C)C)c1. The Bertz CT molecular complexity index is 885. The van der Waals surface area contributed by atoms with Gasteiger partial charge in [-0.3, -0.25) is 9.69 Å². The second kappa shape index (κ2) is 8.77. The minimum Gasteiger partial charge on any atom is -0.324 e. The number of anilines is 1. The zero-order chi connectivity index (χ0) is 19.3. The molecule has 0 aliphatic rings.